The molecular weight excluding hydrogens is 448 g/mol. The number of thioether (sulfide) groups is 1. The third-order valence-corrected chi connectivity index (χ3v) is 6.45. The third-order valence-electron chi connectivity index (χ3n) is 5.43. The second kappa shape index (κ2) is 10.5. The highest BCUT2D eigenvalue weighted by Gasteiger charge is 2.26. The highest BCUT2D eigenvalue weighted by Crippen LogP contribution is 2.29. The molecule has 3 heterocycles. The molecule has 1 amide bonds. The smallest absolute Gasteiger partial charge is 0.255 e. The molecule has 0 radical (unpaired) electrons. The molecule has 4 rings (SSSR count). The lowest BCUT2D eigenvalue weighted by atomic mass is 10.0. The van der Waals surface area contributed by atoms with Gasteiger partial charge in [0.05, 0.1) is 36.8 Å². The Kier molecular flexibility index (Phi) is 7.47. The number of ether oxygens (including phenoxy) is 1. The number of hydrogen-bond acceptors (Lipinski definition) is 7. The number of nitrogens with one attached hydrogen (secondary N) is 1. The molecule has 0 spiro atoms. The minimum Gasteiger partial charge on any atom is -0.461 e. The molecule has 9 heteroatoms. The molecule has 168 valence electrons. The van der Waals surface area contributed by atoms with Crippen LogP contribution in [0.15, 0.2) is 52.1 Å². The second-order valence-electron chi connectivity index (χ2n) is 7.39. The van der Waals surface area contributed by atoms with E-state index in [1.54, 1.807) is 18.4 Å². The molecule has 1 aromatic carbocycles. The van der Waals surface area contributed by atoms with Crippen LogP contribution < -0.4 is 5.32 Å². The van der Waals surface area contributed by atoms with Gasteiger partial charge in [0, 0.05) is 24.7 Å². The first-order chi connectivity index (χ1) is 15.6. The van der Waals surface area contributed by atoms with Crippen molar-refractivity contribution in [1.29, 1.82) is 0 Å². The number of carbonyl (C=O) groups excluding carboxylic acids is 1. The first-order valence-electron chi connectivity index (χ1n) is 10.4. The van der Waals surface area contributed by atoms with Crippen LogP contribution in [-0.2, 0) is 4.74 Å². The highest BCUT2D eigenvalue weighted by molar-refractivity contribution is 7.98. The largest absolute Gasteiger partial charge is 0.461 e. The molecule has 3 aromatic rings. The molecule has 7 nitrogen and oxygen atoms in total. The summed E-state index contributed by atoms with van der Waals surface area (Å²) < 4.78 is 10.9. The van der Waals surface area contributed by atoms with Crippen LogP contribution in [0.2, 0.25) is 5.02 Å². The van der Waals surface area contributed by atoms with E-state index >= 15 is 0 Å². The lowest BCUT2D eigenvalue weighted by Gasteiger charge is -2.35. The maximum atomic E-state index is 13.2. The Morgan fingerprint density at radius 3 is 2.69 bits per heavy atom. The molecule has 1 aliphatic rings. The molecule has 1 aliphatic heterocycles. The van der Waals surface area contributed by atoms with E-state index in [1.165, 1.54) is 11.8 Å². The van der Waals surface area contributed by atoms with Gasteiger partial charge >= 0.3 is 0 Å². The molecule has 0 aliphatic carbocycles. The summed E-state index contributed by atoms with van der Waals surface area (Å²) >= 11 is 7.92. The normalized spacial score (nSPS) is 15.5. The lowest BCUT2D eigenvalue weighted by molar-refractivity contribution is 0.0162. The van der Waals surface area contributed by atoms with E-state index in [0.717, 1.165) is 18.7 Å². The Morgan fingerprint density at radius 1 is 1.22 bits per heavy atom. The molecule has 2 aromatic heterocycles. The van der Waals surface area contributed by atoms with Crippen LogP contribution in [0.25, 0.3) is 11.6 Å². The van der Waals surface area contributed by atoms with E-state index in [0.29, 0.717) is 52.6 Å². The van der Waals surface area contributed by atoms with Gasteiger partial charge < -0.3 is 14.5 Å². The summed E-state index contributed by atoms with van der Waals surface area (Å²) in [6, 6.07) is 11.3. The van der Waals surface area contributed by atoms with E-state index in [-0.39, 0.29) is 11.9 Å². The summed E-state index contributed by atoms with van der Waals surface area (Å²) in [6.45, 7) is 5.11. The number of benzene rings is 1. The fourth-order valence-corrected chi connectivity index (χ4v) is 4.70. The minimum absolute atomic E-state index is 0.0575. The van der Waals surface area contributed by atoms with Crippen LogP contribution in [0.4, 0.5) is 0 Å². The maximum Gasteiger partial charge on any atom is 0.255 e. The van der Waals surface area contributed by atoms with Crippen molar-refractivity contribution in [2.24, 2.45) is 0 Å². The molecule has 1 N–H and O–H groups in total. The maximum absolute atomic E-state index is 13.2. The van der Waals surface area contributed by atoms with Crippen LogP contribution in [0.3, 0.4) is 0 Å². The molecular formula is C23H25ClN4O3S. The minimum atomic E-state index is -0.205. The molecule has 32 heavy (non-hydrogen) atoms. The quantitative estimate of drug-likeness (QED) is 0.407. The van der Waals surface area contributed by atoms with Crippen molar-refractivity contribution in [3.05, 3.63) is 64.5 Å². The molecule has 0 bridgehead atoms. The summed E-state index contributed by atoms with van der Waals surface area (Å²) in [6.07, 6.45) is 3.47. The SMILES string of the molecule is CSc1nc(-c2ccco2)nc(C)c1C(=O)NCC(c1ccccc1Cl)N1CCOCC1. The monoisotopic (exact) mass is 472 g/mol. The van der Waals surface area contributed by atoms with Gasteiger partial charge in [-0.25, -0.2) is 9.97 Å². The summed E-state index contributed by atoms with van der Waals surface area (Å²) in [5, 5.41) is 4.39. The zero-order chi connectivity index (χ0) is 22.5. The zero-order valence-electron chi connectivity index (χ0n) is 18.0. The van der Waals surface area contributed by atoms with Gasteiger partial charge in [0.15, 0.2) is 11.6 Å². The standard InChI is InChI=1S/C23H25ClN4O3S/c1-15-20(23(32-2)27-21(26-15)19-8-5-11-31-19)22(29)25-14-18(28-9-12-30-13-10-28)16-6-3-4-7-17(16)24/h3-8,11,18H,9-10,12-14H2,1-2H3,(H,25,29). The number of aromatic nitrogens is 2. The second-order valence-corrected chi connectivity index (χ2v) is 8.59. The van der Waals surface area contributed by atoms with Crippen molar-refractivity contribution in [3.63, 3.8) is 0 Å². The number of morpholine rings is 1. The third kappa shape index (κ3) is 4.99. The number of aryl methyl sites for hydroxylation is 1. The average molecular weight is 473 g/mol. The first kappa shape index (κ1) is 22.8. The van der Waals surface area contributed by atoms with Gasteiger partial charge in [-0.05, 0) is 36.9 Å². The number of nitrogens with zero attached hydrogens (tertiary/aromatic N) is 3. The summed E-state index contributed by atoms with van der Waals surface area (Å²) in [4.78, 5) is 24.6. The van der Waals surface area contributed by atoms with Crippen LogP contribution in [0, 0.1) is 6.92 Å². The van der Waals surface area contributed by atoms with Gasteiger partial charge in [-0.3, -0.25) is 9.69 Å². The van der Waals surface area contributed by atoms with Gasteiger partial charge in [0.2, 0.25) is 0 Å². The number of carbonyl (C=O) groups is 1. The van der Waals surface area contributed by atoms with Gasteiger partial charge in [-0.15, -0.1) is 11.8 Å². The Bertz CT molecular complexity index is 1070. The first-order valence-corrected chi connectivity index (χ1v) is 12.0. The van der Waals surface area contributed by atoms with E-state index < -0.39 is 0 Å². The van der Waals surface area contributed by atoms with Crippen molar-refractivity contribution in [2.45, 2.75) is 18.0 Å². The van der Waals surface area contributed by atoms with Gasteiger partial charge in [0.1, 0.15) is 5.03 Å². The van der Waals surface area contributed by atoms with E-state index in [2.05, 4.69) is 20.2 Å². The lowest BCUT2D eigenvalue weighted by Crippen LogP contribution is -2.44. The Labute approximate surface area is 196 Å². The van der Waals surface area contributed by atoms with E-state index in [9.17, 15) is 4.79 Å². The Morgan fingerprint density at radius 2 is 2.00 bits per heavy atom. The van der Waals surface area contributed by atoms with Gasteiger partial charge in [-0.2, -0.15) is 0 Å². The molecule has 1 atom stereocenters. The number of rotatable bonds is 7. The Balaban J connectivity index is 1.57. The highest BCUT2D eigenvalue weighted by atomic mass is 35.5. The zero-order valence-corrected chi connectivity index (χ0v) is 19.6. The van der Waals surface area contributed by atoms with Gasteiger partial charge in [-0.1, -0.05) is 29.8 Å². The predicted octanol–water partition coefficient (Wildman–Crippen LogP) is 4.22. The molecule has 0 saturated carbocycles. The topological polar surface area (TPSA) is 80.5 Å². The fraction of sp³-hybridized carbons (Fsp3) is 0.348. The van der Waals surface area contributed by atoms with E-state index in [4.69, 9.17) is 20.8 Å². The van der Waals surface area contributed by atoms with Crippen molar-refractivity contribution in [1.82, 2.24) is 20.2 Å². The molecule has 1 fully saturated rings. The number of halogens is 1. The van der Waals surface area contributed by atoms with Crippen LogP contribution >= 0.6 is 23.4 Å². The molecule has 1 unspecified atom stereocenters. The summed E-state index contributed by atoms with van der Waals surface area (Å²) in [5.74, 6) is 0.834. The number of hydrogen-bond donors (Lipinski definition) is 1. The van der Waals surface area contributed by atoms with Crippen LogP contribution in [-0.4, -0.2) is 59.9 Å². The fourth-order valence-electron chi connectivity index (χ4n) is 3.82. The predicted molar refractivity (Wildman–Crippen MR) is 125 cm³/mol. The van der Waals surface area contributed by atoms with Crippen molar-refractivity contribution >= 4 is 29.3 Å². The molecule has 1 saturated heterocycles. The number of furan rings is 1. The average Bonchev–Trinajstić information content (AvgIpc) is 3.35. The van der Waals surface area contributed by atoms with Crippen LogP contribution in [0.5, 0.6) is 0 Å². The Hall–Kier alpha value is -2.39. The summed E-state index contributed by atoms with van der Waals surface area (Å²) in [7, 11) is 0. The van der Waals surface area contributed by atoms with Crippen molar-refractivity contribution < 1.29 is 13.9 Å². The summed E-state index contributed by atoms with van der Waals surface area (Å²) in [5.41, 5.74) is 2.07. The van der Waals surface area contributed by atoms with Crippen molar-refractivity contribution in [2.75, 3.05) is 39.1 Å². The van der Waals surface area contributed by atoms with Gasteiger partial charge in [0.25, 0.3) is 5.91 Å². The number of amides is 1. The van der Waals surface area contributed by atoms with Crippen molar-refractivity contribution in [3.8, 4) is 11.6 Å². The van der Waals surface area contributed by atoms with E-state index in [1.807, 2.05) is 37.4 Å². The van der Waals surface area contributed by atoms with Crippen LogP contribution in [0.1, 0.15) is 27.7 Å².